The molecule has 176 valence electrons. The molecular formula is C25H25FN4O4. The van der Waals surface area contributed by atoms with E-state index in [0.717, 1.165) is 22.4 Å². The number of fused-ring (bicyclic) bond motifs is 1. The maximum atomic E-state index is 13.3. The minimum atomic E-state index is -0.315. The molecule has 2 aliphatic rings. The van der Waals surface area contributed by atoms with Crippen molar-refractivity contribution in [2.45, 2.75) is 32.9 Å². The molecule has 9 heteroatoms. The van der Waals surface area contributed by atoms with Gasteiger partial charge in [-0.2, -0.15) is 0 Å². The van der Waals surface area contributed by atoms with E-state index >= 15 is 0 Å². The number of rotatable bonds is 5. The summed E-state index contributed by atoms with van der Waals surface area (Å²) < 4.78 is 24.6. The predicted molar refractivity (Wildman–Crippen MR) is 120 cm³/mol. The molecule has 0 N–H and O–H groups in total. The molecule has 34 heavy (non-hydrogen) atoms. The molecule has 0 spiro atoms. The Morgan fingerprint density at radius 1 is 1.24 bits per heavy atom. The van der Waals surface area contributed by atoms with Crippen molar-refractivity contribution in [2.75, 3.05) is 20.1 Å². The number of carbonyl (C=O) groups excluding carboxylic acids is 2. The molecule has 1 unspecified atom stereocenters. The zero-order valence-corrected chi connectivity index (χ0v) is 19.1. The zero-order valence-electron chi connectivity index (χ0n) is 19.1. The monoisotopic (exact) mass is 464 g/mol. The molecule has 1 atom stereocenters. The number of aryl methyl sites for hydroxylation is 1. The molecule has 8 nitrogen and oxygen atoms in total. The first-order valence-corrected chi connectivity index (χ1v) is 11.2. The number of hydrogen-bond donors (Lipinski definition) is 0. The summed E-state index contributed by atoms with van der Waals surface area (Å²) in [6, 6.07) is 9.79. The van der Waals surface area contributed by atoms with E-state index in [1.165, 1.54) is 12.1 Å². The summed E-state index contributed by atoms with van der Waals surface area (Å²) in [4.78, 5) is 32.7. The van der Waals surface area contributed by atoms with Crippen molar-refractivity contribution in [3.8, 4) is 17.1 Å². The molecule has 2 aliphatic heterocycles. The Kier molecular flexibility index (Phi) is 5.77. The molecule has 4 heterocycles. The molecule has 2 aromatic heterocycles. The van der Waals surface area contributed by atoms with Crippen molar-refractivity contribution in [1.82, 2.24) is 19.9 Å². The fraction of sp³-hybridized carbons (Fsp3) is 0.360. The number of carbonyl (C=O) groups is 2. The highest BCUT2D eigenvalue weighted by molar-refractivity contribution is 5.89. The average Bonchev–Trinajstić information content (AvgIpc) is 3.38. The summed E-state index contributed by atoms with van der Waals surface area (Å²) in [7, 11) is 1.73. The molecule has 0 bridgehead atoms. The van der Waals surface area contributed by atoms with E-state index in [2.05, 4.69) is 10.1 Å². The summed E-state index contributed by atoms with van der Waals surface area (Å²) in [6.07, 6.45) is 0.911. The van der Waals surface area contributed by atoms with Crippen LogP contribution in [0.4, 0.5) is 4.39 Å². The Hall–Kier alpha value is -3.75. The van der Waals surface area contributed by atoms with Crippen LogP contribution in [0.25, 0.3) is 11.3 Å². The van der Waals surface area contributed by atoms with Gasteiger partial charge in [0.05, 0.1) is 17.2 Å². The first-order valence-electron chi connectivity index (χ1n) is 11.2. The Labute approximate surface area is 196 Å². The number of halogens is 1. The van der Waals surface area contributed by atoms with E-state index in [-0.39, 0.29) is 36.6 Å². The maximum Gasteiger partial charge on any atom is 0.228 e. The average molecular weight is 464 g/mol. The number of nitrogens with zero attached hydrogens (tertiary/aromatic N) is 4. The maximum absolute atomic E-state index is 13.3. The fourth-order valence-corrected chi connectivity index (χ4v) is 4.49. The lowest BCUT2D eigenvalue weighted by atomic mass is 10.0. The van der Waals surface area contributed by atoms with Crippen LogP contribution in [0.15, 0.2) is 40.9 Å². The van der Waals surface area contributed by atoms with Crippen molar-refractivity contribution < 1.29 is 23.2 Å². The van der Waals surface area contributed by atoms with Crippen LogP contribution in [0.3, 0.4) is 0 Å². The molecule has 3 aromatic rings. The van der Waals surface area contributed by atoms with Crippen LogP contribution in [0.5, 0.6) is 5.88 Å². The number of amides is 2. The highest BCUT2D eigenvalue weighted by Gasteiger charge is 2.35. The van der Waals surface area contributed by atoms with Crippen molar-refractivity contribution in [2.24, 2.45) is 5.92 Å². The summed E-state index contributed by atoms with van der Waals surface area (Å²) in [5, 5.41) is 4.11. The van der Waals surface area contributed by atoms with Crippen LogP contribution < -0.4 is 4.74 Å². The van der Waals surface area contributed by atoms with Crippen LogP contribution in [0, 0.1) is 18.7 Å². The van der Waals surface area contributed by atoms with E-state index < -0.39 is 0 Å². The lowest BCUT2D eigenvalue weighted by molar-refractivity contribution is -0.136. The van der Waals surface area contributed by atoms with Gasteiger partial charge >= 0.3 is 0 Å². The number of likely N-dealkylation sites (tertiary alicyclic amines) is 1. The Balaban J connectivity index is 1.25. The fourth-order valence-electron chi connectivity index (χ4n) is 4.49. The third kappa shape index (κ3) is 4.25. The van der Waals surface area contributed by atoms with Gasteiger partial charge in [-0.15, -0.1) is 0 Å². The first kappa shape index (κ1) is 22.1. The molecule has 1 aromatic carbocycles. The smallest absolute Gasteiger partial charge is 0.228 e. The van der Waals surface area contributed by atoms with Gasteiger partial charge < -0.3 is 19.1 Å². The second-order valence-electron chi connectivity index (χ2n) is 8.80. The highest BCUT2D eigenvalue weighted by atomic mass is 19.1. The van der Waals surface area contributed by atoms with E-state index in [4.69, 9.17) is 9.26 Å². The number of pyridine rings is 1. The molecule has 1 saturated heterocycles. The largest absolute Gasteiger partial charge is 0.473 e. The molecular weight excluding hydrogens is 439 g/mol. The van der Waals surface area contributed by atoms with Crippen LogP contribution in [0.2, 0.25) is 0 Å². The predicted octanol–water partition coefficient (Wildman–Crippen LogP) is 3.13. The number of ether oxygens (including phenoxy) is 1. The standard InChI is InChI=1S/C25H25FN4O4/c1-15-20(24(28-34-15)16-3-6-19(26)7-4-16)14-33-22-8-5-17-13-30(10-9-21(17)27-22)25(32)18-11-23(31)29(2)12-18/h3-8,18H,9-14H2,1-2H3. The van der Waals surface area contributed by atoms with Crippen LogP contribution in [0.1, 0.15) is 29.0 Å². The third-order valence-electron chi connectivity index (χ3n) is 6.49. The minimum absolute atomic E-state index is 0.0184. The van der Waals surface area contributed by atoms with Crippen LogP contribution >= 0.6 is 0 Å². The van der Waals surface area contributed by atoms with Gasteiger partial charge in [0, 0.05) is 51.2 Å². The van der Waals surface area contributed by atoms with Gasteiger partial charge in [-0.3, -0.25) is 9.59 Å². The molecule has 5 rings (SSSR count). The number of benzene rings is 1. The van der Waals surface area contributed by atoms with E-state index in [1.807, 2.05) is 11.0 Å². The summed E-state index contributed by atoms with van der Waals surface area (Å²) >= 11 is 0. The van der Waals surface area contributed by atoms with Gasteiger partial charge in [0.1, 0.15) is 23.9 Å². The third-order valence-corrected chi connectivity index (χ3v) is 6.49. The van der Waals surface area contributed by atoms with Gasteiger partial charge in [0.25, 0.3) is 0 Å². The number of aromatic nitrogens is 2. The Morgan fingerprint density at radius 3 is 2.76 bits per heavy atom. The second-order valence-corrected chi connectivity index (χ2v) is 8.80. The SMILES string of the molecule is Cc1onc(-c2ccc(F)cc2)c1COc1ccc2c(n1)CCN(C(=O)C1CC(=O)N(C)C1)C2. The molecule has 2 amide bonds. The Morgan fingerprint density at radius 2 is 2.03 bits per heavy atom. The van der Waals surface area contributed by atoms with Gasteiger partial charge in [-0.1, -0.05) is 11.2 Å². The quantitative estimate of drug-likeness (QED) is 0.577. The lowest BCUT2D eigenvalue weighted by Gasteiger charge is -2.30. The van der Waals surface area contributed by atoms with Crippen molar-refractivity contribution in [3.05, 3.63) is 64.8 Å². The summed E-state index contributed by atoms with van der Waals surface area (Å²) in [5.41, 5.74) is 4.02. The highest BCUT2D eigenvalue weighted by Crippen LogP contribution is 2.28. The normalized spacial score (nSPS) is 17.7. The van der Waals surface area contributed by atoms with Gasteiger partial charge in [-0.05, 0) is 36.8 Å². The molecule has 0 radical (unpaired) electrons. The van der Waals surface area contributed by atoms with Gasteiger partial charge in [0.2, 0.25) is 17.7 Å². The molecule has 1 fully saturated rings. The van der Waals surface area contributed by atoms with Gasteiger partial charge in [0.15, 0.2) is 0 Å². The van der Waals surface area contributed by atoms with Crippen molar-refractivity contribution >= 4 is 11.8 Å². The van der Waals surface area contributed by atoms with Crippen molar-refractivity contribution in [1.29, 1.82) is 0 Å². The van der Waals surface area contributed by atoms with Gasteiger partial charge in [-0.25, -0.2) is 9.37 Å². The van der Waals surface area contributed by atoms with E-state index in [1.54, 1.807) is 37.1 Å². The second kappa shape index (κ2) is 8.89. The van der Waals surface area contributed by atoms with Crippen LogP contribution in [-0.2, 0) is 29.2 Å². The van der Waals surface area contributed by atoms with E-state index in [9.17, 15) is 14.0 Å². The first-order chi connectivity index (χ1) is 16.4. The summed E-state index contributed by atoms with van der Waals surface area (Å²) in [6.45, 7) is 3.54. The Bertz CT molecular complexity index is 1240. The topological polar surface area (TPSA) is 88.8 Å². The zero-order chi connectivity index (χ0) is 23.8. The van der Waals surface area contributed by atoms with Crippen LogP contribution in [-0.4, -0.2) is 51.9 Å². The minimum Gasteiger partial charge on any atom is -0.473 e. The summed E-state index contributed by atoms with van der Waals surface area (Å²) in [5.74, 6) is 0.570. The van der Waals surface area contributed by atoms with E-state index in [0.29, 0.717) is 43.4 Å². The van der Waals surface area contributed by atoms with Crippen molar-refractivity contribution in [3.63, 3.8) is 0 Å². The molecule has 0 saturated carbocycles. The lowest BCUT2D eigenvalue weighted by Crippen LogP contribution is -2.40. The molecule has 0 aliphatic carbocycles. The number of hydrogen-bond acceptors (Lipinski definition) is 6.